The minimum atomic E-state index is 0.423. The van der Waals surface area contributed by atoms with Crippen LogP contribution in [-0.4, -0.2) is 19.5 Å². The van der Waals surface area contributed by atoms with E-state index in [1.165, 1.54) is 0 Å². The summed E-state index contributed by atoms with van der Waals surface area (Å²) in [4.78, 5) is 14.6. The van der Waals surface area contributed by atoms with Crippen molar-refractivity contribution in [2.75, 3.05) is 0 Å². The van der Waals surface area contributed by atoms with Crippen LogP contribution in [0.25, 0.3) is 72.8 Å². The number of aromatic nitrogens is 4. The Bertz CT molecular complexity index is 2480. The van der Waals surface area contributed by atoms with Gasteiger partial charge in [-0.05, 0) is 53.6 Å². The Labute approximate surface area is 271 Å². The summed E-state index contributed by atoms with van der Waals surface area (Å²) in [6.07, 6.45) is 0. The highest BCUT2D eigenvalue weighted by Gasteiger charge is 2.19. The topological polar surface area (TPSA) is 91.2 Å². The molecule has 0 amide bonds. The lowest BCUT2D eigenvalue weighted by Crippen LogP contribution is -2.02. The van der Waals surface area contributed by atoms with Crippen molar-refractivity contribution >= 4 is 21.8 Å². The molecule has 0 spiro atoms. The smallest absolute Gasteiger partial charge is 0.165 e. The van der Waals surface area contributed by atoms with E-state index in [-0.39, 0.29) is 0 Å². The summed E-state index contributed by atoms with van der Waals surface area (Å²) in [6.45, 7) is 0. The van der Waals surface area contributed by atoms with Crippen LogP contribution in [0, 0.1) is 22.7 Å². The molecule has 0 radical (unpaired) electrons. The van der Waals surface area contributed by atoms with Crippen LogP contribution in [0.1, 0.15) is 11.1 Å². The first-order valence-electron chi connectivity index (χ1n) is 15.2. The summed E-state index contributed by atoms with van der Waals surface area (Å²) in [5.41, 5.74) is 8.21. The molecule has 2 heterocycles. The highest BCUT2D eigenvalue weighted by molar-refractivity contribution is 6.10. The van der Waals surface area contributed by atoms with E-state index in [1.54, 1.807) is 0 Å². The number of rotatable bonds is 5. The summed E-state index contributed by atoms with van der Waals surface area (Å²) in [5, 5.41) is 22.2. The fourth-order valence-electron chi connectivity index (χ4n) is 6.13. The van der Waals surface area contributed by atoms with Gasteiger partial charge in [-0.15, -0.1) is 0 Å². The molecule has 8 aromatic rings. The Balaban J connectivity index is 1.35. The van der Waals surface area contributed by atoms with E-state index in [0.717, 1.165) is 49.7 Å². The van der Waals surface area contributed by atoms with Gasteiger partial charge in [0.25, 0.3) is 0 Å². The van der Waals surface area contributed by atoms with Gasteiger partial charge in [-0.3, -0.25) is 0 Å². The zero-order chi connectivity index (χ0) is 31.7. The van der Waals surface area contributed by atoms with Gasteiger partial charge in [0, 0.05) is 33.2 Å². The molecule has 6 nitrogen and oxygen atoms in total. The highest BCUT2D eigenvalue weighted by atomic mass is 15.0. The maximum absolute atomic E-state index is 10.2. The van der Waals surface area contributed by atoms with Crippen molar-refractivity contribution in [3.63, 3.8) is 0 Å². The van der Waals surface area contributed by atoms with E-state index in [9.17, 15) is 10.5 Å². The molecule has 0 saturated carbocycles. The molecule has 0 fully saturated rings. The molecule has 6 aromatic carbocycles. The SMILES string of the molecule is N#Cc1ccccc1-c1ccc2c(c1)c1ccccc1n2-c1ccc(C#N)c(-c2nc(-c3ccccc3)nc(-c3ccccc3)n2)c1. The molecule has 8 rings (SSSR count). The summed E-state index contributed by atoms with van der Waals surface area (Å²) < 4.78 is 2.20. The predicted octanol–water partition coefficient (Wildman–Crippen LogP) is 9.38. The molecule has 0 atom stereocenters. The first-order valence-corrected chi connectivity index (χ1v) is 15.2. The Hall–Kier alpha value is -6.89. The third-order valence-electron chi connectivity index (χ3n) is 8.35. The van der Waals surface area contributed by atoms with Crippen LogP contribution in [0.5, 0.6) is 0 Å². The zero-order valence-corrected chi connectivity index (χ0v) is 25.0. The number of fused-ring (bicyclic) bond motifs is 3. The van der Waals surface area contributed by atoms with E-state index < -0.39 is 0 Å². The first kappa shape index (κ1) is 27.6. The normalized spacial score (nSPS) is 10.9. The molecule has 6 heteroatoms. The molecule has 0 aliphatic carbocycles. The van der Waals surface area contributed by atoms with Gasteiger partial charge in [-0.1, -0.05) is 103 Å². The first-order chi connectivity index (χ1) is 23.2. The third kappa shape index (κ3) is 4.88. The third-order valence-corrected chi connectivity index (χ3v) is 8.35. The molecule has 0 aliphatic heterocycles. The second-order valence-electron chi connectivity index (χ2n) is 11.1. The monoisotopic (exact) mass is 600 g/mol. The number of nitrogens with zero attached hydrogens (tertiary/aromatic N) is 6. The molecular formula is C41H24N6. The number of hydrogen-bond acceptors (Lipinski definition) is 5. The largest absolute Gasteiger partial charge is 0.309 e. The predicted molar refractivity (Wildman–Crippen MR) is 185 cm³/mol. The molecule has 0 bridgehead atoms. The molecule has 0 unspecified atom stereocenters. The van der Waals surface area contributed by atoms with Crippen LogP contribution in [0.4, 0.5) is 0 Å². The van der Waals surface area contributed by atoms with Gasteiger partial charge in [-0.25, -0.2) is 15.0 Å². The van der Waals surface area contributed by atoms with Gasteiger partial charge in [0.2, 0.25) is 0 Å². The van der Waals surface area contributed by atoms with Gasteiger partial charge in [0.15, 0.2) is 17.5 Å². The summed E-state index contributed by atoms with van der Waals surface area (Å²) in [5.74, 6) is 1.49. The van der Waals surface area contributed by atoms with Crippen molar-refractivity contribution < 1.29 is 0 Å². The lowest BCUT2D eigenvalue weighted by Gasteiger charge is -2.13. The second kappa shape index (κ2) is 11.6. The highest BCUT2D eigenvalue weighted by Crippen LogP contribution is 2.37. The molecule has 0 saturated heterocycles. The second-order valence-corrected chi connectivity index (χ2v) is 11.1. The molecular weight excluding hydrogens is 576 g/mol. The van der Waals surface area contributed by atoms with Gasteiger partial charge in [-0.2, -0.15) is 10.5 Å². The van der Waals surface area contributed by atoms with Crippen molar-refractivity contribution in [1.29, 1.82) is 10.5 Å². The van der Waals surface area contributed by atoms with Crippen LogP contribution in [0.3, 0.4) is 0 Å². The fourth-order valence-corrected chi connectivity index (χ4v) is 6.13. The minimum absolute atomic E-state index is 0.423. The average molecular weight is 601 g/mol. The van der Waals surface area contributed by atoms with E-state index in [0.29, 0.717) is 34.2 Å². The van der Waals surface area contributed by atoms with Crippen molar-refractivity contribution in [3.05, 3.63) is 157 Å². The molecule has 0 aliphatic rings. The number of para-hydroxylation sites is 1. The van der Waals surface area contributed by atoms with Crippen molar-refractivity contribution in [1.82, 2.24) is 19.5 Å². The van der Waals surface area contributed by atoms with Crippen LogP contribution >= 0.6 is 0 Å². The molecule has 0 N–H and O–H groups in total. The van der Waals surface area contributed by atoms with Gasteiger partial charge >= 0.3 is 0 Å². The van der Waals surface area contributed by atoms with Crippen molar-refractivity contribution in [2.45, 2.75) is 0 Å². The van der Waals surface area contributed by atoms with Gasteiger partial charge < -0.3 is 4.57 Å². The maximum Gasteiger partial charge on any atom is 0.165 e. The Morgan fingerprint density at radius 3 is 1.70 bits per heavy atom. The number of benzene rings is 6. The van der Waals surface area contributed by atoms with E-state index in [1.807, 2.05) is 115 Å². The Morgan fingerprint density at radius 2 is 1.00 bits per heavy atom. The summed E-state index contributed by atoms with van der Waals surface area (Å²) >= 11 is 0. The van der Waals surface area contributed by atoms with E-state index in [4.69, 9.17) is 15.0 Å². The van der Waals surface area contributed by atoms with Crippen molar-refractivity contribution in [2.24, 2.45) is 0 Å². The van der Waals surface area contributed by atoms with Crippen LogP contribution in [0.2, 0.25) is 0 Å². The van der Waals surface area contributed by atoms with Crippen LogP contribution < -0.4 is 0 Å². The Kier molecular flexibility index (Phi) is 6.80. The van der Waals surface area contributed by atoms with Crippen molar-refractivity contribution in [3.8, 4) is 63.1 Å². The van der Waals surface area contributed by atoms with Gasteiger partial charge in [0.05, 0.1) is 34.3 Å². The van der Waals surface area contributed by atoms with Crippen LogP contribution in [-0.2, 0) is 0 Å². The Morgan fingerprint density at radius 1 is 0.426 bits per heavy atom. The van der Waals surface area contributed by atoms with E-state index in [2.05, 4.69) is 47.0 Å². The fraction of sp³-hybridized carbons (Fsp3) is 0. The quantitative estimate of drug-likeness (QED) is 0.196. The molecule has 47 heavy (non-hydrogen) atoms. The van der Waals surface area contributed by atoms with Crippen LogP contribution in [0.15, 0.2) is 146 Å². The number of hydrogen-bond donors (Lipinski definition) is 0. The lowest BCUT2D eigenvalue weighted by molar-refractivity contribution is 1.07. The van der Waals surface area contributed by atoms with E-state index >= 15 is 0 Å². The average Bonchev–Trinajstić information content (AvgIpc) is 3.48. The lowest BCUT2D eigenvalue weighted by atomic mass is 9.98. The summed E-state index contributed by atoms with van der Waals surface area (Å²) in [6, 6.07) is 52.3. The molecule has 218 valence electrons. The van der Waals surface area contributed by atoms with Gasteiger partial charge in [0.1, 0.15) is 0 Å². The summed E-state index contributed by atoms with van der Waals surface area (Å²) in [7, 11) is 0. The minimum Gasteiger partial charge on any atom is -0.309 e. The maximum atomic E-state index is 10.2. The molecule has 2 aromatic heterocycles. The number of nitriles is 2. The zero-order valence-electron chi connectivity index (χ0n) is 25.0. The standard InChI is InChI=1S/C41H24N6/c42-25-30-15-7-8-16-33(30)29-20-22-38-36(23-29)34-17-9-10-18-37(34)47(38)32-21-19-31(26-43)35(24-32)41-45-39(27-11-3-1-4-12-27)44-40(46-41)28-13-5-2-6-14-28/h1-24H.